The lowest BCUT2D eigenvalue weighted by atomic mass is 10.2. The van der Waals surface area contributed by atoms with E-state index < -0.39 is 0 Å². The monoisotopic (exact) mass is 356 g/mol. The van der Waals surface area contributed by atoms with Crippen molar-refractivity contribution >= 4 is 11.6 Å². The number of ether oxygens (including phenoxy) is 1. The molecule has 2 aromatic heterocycles. The van der Waals surface area contributed by atoms with Crippen LogP contribution in [0.25, 0.3) is 5.82 Å². The average Bonchev–Trinajstić information content (AvgIpc) is 3.25. The highest BCUT2D eigenvalue weighted by Gasteiger charge is 2.11. The largest absolute Gasteiger partial charge is 0.455 e. The van der Waals surface area contributed by atoms with Gasteiger partial charge in [-0.3, -0.25) is 9.36 Å². The highest BCUT2D eigenvalue weighted by molar-refractivity contribution is 6.04. The number of pyridine rings is 1. The van der Waals surface area contributed by atoms with Crippen LogP contribution in [0.5, 0.6) is 11.5 Å². The van der Waals surface area contributed by atoms with Gasteiger partial charge in [0.1, 0.15) is 17.9 Å². The molecule has 0 saturated carbocycles. The predicted octanol–water partition coefficient (Wildman–Crippen LogP) is 4.31. The van der Waals surface area contributed by atoms with Gasteiger partial charge in [0.25, 0.3) is 5.91 Å². The number of hydrogen-bond acceptors (Lipinski definition) is 4. The van der Waals surface area contributed by atoms with Gasteiger partial charge in [0.05, 0.1) is 11.3 Å². The summed E-state index contributed by atoms with van der Waals surface area (Å²) in [5.41, 5.74) is 1.04. The zero-order chi connectivity index (χ0) is 18.5. The van der Waals surface area contributed by atoms with Crippen molar-refractivity contribution in [1.82, 2.24) is 14.5 Å². The van der Waals surface area contributed by atoms with Gasteiger partial charge in [-0.15, -0.1) is 0 Å². The number of nitrogens with zero attached hydrogens (tertiary/aromatic N) is 3. The van der Waals surface area contributed by atoms with Gasteiger partial charge in [0.15, 0.2) is 5.75 Å². The lowest BCUT2D eigenvalue weighted by Gasteiger charge is -2.12. The Morgan fingerprint density at radius 3 is 2.52 bits per heavy atom. The lowest BCUT2D eigenvalue weighted by Crippen LogP contribution is -2.13. The topological polar surface area (TPSA) is 69.0 Å². The summed E-state index contributed by atoms with van der Waals surface area (Å²) < 4.78 is 7.64. The number of para-hydroxylation sites is 3. The Balaban J connectivity index is 1.51. The number of carbonyl (C=O) groups is 1. The van der Waals surface area contributed by atoms with Crippen molar-refractivity contribution in [2.75, 3.05) is 5.32 Å². The first-order valence-corrected chi connectivity index (χ1v) is 8.37. The number of carbonyl (C=O) groups excluding carboxylic acids is 1. The van der Waals surface area contributed by atoms with E-state index in [9.17, 15) is 4.79 Å². The summed E-state index contributed by atoms with van der Waals surface area (Å²) in [6.07, 6.45) is 6.65. The molecule has 0 bridgehead atoms. The molecule has 0 fully saturated rings. The molecule has 27 heavy (non-hydrogen) atoms. The van der Waals surface area contributed by atoms with Gasteiger partial charge in [0, 0.05) is 18.6 Å². The Morgan fingerprint density at radius 1 is 0.963 bits per heavy atom. The molecule has 0 saturated heterocycles. The third-order valence-corrected chi connectivity index (χ3v) is 3.89. The molecule has 4 rings (SSSR count). The lowest BCUT2D eigenvalue weighted by molar-refractivity contribution is 0.102. The number of rotatable bonds is 5. The van der Waals surface area contributed by atoms with E-state index in [4.69, 9.17) is 4.74 Å². The SMILES string of the molecule is O=C(Nc1ccccc1Oc1ccccc1)c1ccc(-n2ccnc2)nc1. The van der Waals surface area contributed by atoms with Crippen LogP contribution >= 0.6 is 0 Å². The van der Waals surface area contributed by atoms with E-state index in [-0.39, 0.29) is 5.91 Å². The van der Waals surface area contributed by atoms with E-state index in [1.54, 1.807) is 41.5 Å². The molecular formula is C21H16N4O2. The number of nitrogens with one attached hydrogen (secondary N) is 1. The van der Waals surface area contributed by atoms with Crippen molar-refractivity contribution in [3.63, 3.8) is 0 Å². The molecule has 0 aliphatic heterocycles. The summed E-state index contributed by atoms with van der Waals surface area (Å²) in [5.74, 6) is 1.70. The summed E-state index contributed by atoms with van der Waals surface area (Å²) >= 11 is 0. The molecule has 0 radical (unpaired) electrons. The molecule has 0 atom stereocenters. The molecule has 2 heterocycles. The Morgan fingerprint density at radius 2 is 1.78 bits per heavy atom. The van der Waals surface area contributed by atoms with Crippen LogP contribution in [0.3, 0.4) is 0 Å². The third kappa shape index (κ3) is 3.85. The molecule has 4 aromatic rings. The van der Waals surface area contributed by atoms with Crippen LogP contribution in [0.2, 0.25) is 0 Å². The molecular weight excluding hydrogens is 340 g/mol. The van der Waals surface area contributed by atoms with Crippen molar-refractivity contribution in [3.8, 4) is 17.3 Å². The average molecular weight is 356 g/mol. The fraction of sp³-hybridized carbons (Fsp3) is 0. The van der Waals surface area contributed by atoms with E-state index in [0.29, 0.717) is 28.6 Å². The second kappa shape index (κ2) is 7.53. The van der Waals surface area contributed by atoms with E-state index >= 15 is 0 Å². The van der Waals surface area contributed by atoms with E-state index in [0.717, 1.165) is 0 Å². The number of imidazole rings is 1. The standard InChI is InChI=1S/C21H16N4O2/c26-21(16-10-11-20(23-14-16)25-13-12-22-15-25)24-18-8-4-5-9-19(18)27-17-6-2-1-3-7-17/h1-15H,(H,24,26). The fourth-order valence-corrected chi connectivity index (χ4v) is 2.54. The molecule has 1 amide bonds. The van der Waals surface area contributed by atoms with E-state index in [1.165, 1.54) is 6.20 Å². The zero-order valence-corrected chi connectivity index (χ0v) is 14.3. The van der Waals surface area contributed by atoms with Crippen molar-refractivity contribution in [2.24, 2.45) is 0 Å². The van der Waals surface area contributed by atoms with Gasteiger partial charge in [-0.05, 0) is 36.4 Å². The van der Waals surface area contributed by atoms with Crippen LogP contribution in [-0.4, -0.2) is 20.4 Å². The van der Waals surface area contributed by atoms with E-state index in [2.05, 4.69) is 15.3 Å². The molecule has 0 spiro atoms. The Hall–Kier alpha value is -3.93. The van der Waals surface area contributed by atoms with Crippen molar-refractivity contribution < 1.29 is 9.53 Å². The predicted molar refractivity (Wildman–Crippen MR) is 102 cm³/mol. The zero-order valence-electron chi connectivity index (χ0n) is 14.3. The fourth-order valence-electron chi connectivity index (χ4n) is 2.54. The highest BCUT2D eigenvalue weighted by atomic mass is 16.5. The van der Waals surface area contributed by atoms with Crippen LogP contribution in [0.15, 0.2) is 91.6 Å². The van der Waals surface area contributed by atoms with Gasteiger partial charge >= 0.3 is 0 Å². The summed E-state index contributed by atoms with van der Waals surface area (Å²) in [6, 6.07) is 20.2. The normalized spacial score (nSPS) is 10.4. The number of anilines is 1. The van der Waals surface area contributed by atoms with Crippen LogP contribution < -0.4 is 10.1 Å². The second-order valence-electron chi connectivity index (χ2n) is 5.74. The number of hydrogen-bond donors (Lipinski definition) is 1. The van der Waals surface area contributed by atoms with Crippen molar-refractivity contribution in [2.45, 2.75) is 0 Å². The van der Waals surface area contributed by atoms with E-state index in [1.807, 2.05) is 48.5 Å². The van der Waals surface area contributed by atoms with Crippen molar-refractivity contribution in [1.29, 1.82) is 0 Å². The Labute approximate surface area is 156 Å². The summed E-state index contributed by atoms with van der Waals surface area (Å²) in [5, 5.41) is 2.88. The third-order valence-electron chi connectivity index (χ3n) is 3.89. The Kier molecular flexibility index (Phi) is 4.61. The van der Waals surface area contributed by atoms with Crippen LogP contribution in [0, 0.1) is 0 Å². The minimum atomic E-state index is -0.260. The highest BCUT2D eigenvalue weighted by Crippen LogP contribution is 2.29. The maximum atomic E-state index is 12.6. The molecule has 0 aliphatic carbocycles. The maximum absolute atomic E-state index is 12.6. The summed E-state index contributed by atoms with van der Waals surface area (Å²) in [4.78, 5) is 20.9. The Bertz CT molecular complexity index is 1030. The maximum Gasteiger partial charge on any atom is 0.257 e. The number of aromatic nitrogens is 3. The minimum Gasteiger partial charge on any atom is -0.455 e. The van der Waals surface area contributed by atoms with Crippen LogP contribution in [-0.2, 0) is 0 Å². The molecule has 6 heteroatoms. The van der Waals surface area contributed by atoms with Gasteiger partial charge < -0.3 is 10.1 Å². The van der Waals surface area contributed by atoms with Crippen LogP contribution in [0.1, 0.15) is 10.4 Å². The molecule has 0 aliphatic rings. The smallest absolute Gasteiger partial charge is 0.257 e. The van der Waals surface area contributed by atoms with Crippen molar-refractivity contribution in [3.05, 3.63) is 97.2 Å². The first kappa shape index (κ1) is 16.5. The first-order valence-electron chi connectivity index (χ1n) is 8.37. The molecule has 0 unspecified atom stereocenters. The number of benzene rings is 2. The van der Waals surface area contributed by atoms with Gasteiger partial charge in [-0.25, -0.2) is 9.97 Å². The molecule has 132 valence electrons. The quantitative estimate of drug-likeness (QED) is 0.578. The summed E-state index contributed by atoms with van der Waals surface area (Å²) in [7, 11) is 0. The molecule has 6 nitrogen and oxygen atoms in total. The van der Waals surface area contributed by atoms with Crippen LogP contribution in [0.4, 0.5) is 5.69 Å². The summed E-state index contributed by atoms with van der Waals surface area (Å²) in [6.45, 7) is 0. The second-order valence-corrected chi connectivity index (χ2v) is 5.74. The van der Waals surface area contributed by atoms with Gasteiger partial charge in [-0.1, -0.05) is 30.3 Å². The van der Waals surface area contributed by atoms with Gasteiger partial charge in [0.2, 0.25) is 0 Å². The molecule has 2 aromatic carbocycles. The van der Waals surface area contributed by atoms with Gasteiger partial charge in [-0.2, -0.15) is 0 Å². The minimum absolute atomic E-state index is 0.260. The first-order chi connectivity index (χ1) is 13.3. The molecule has 1 N–H and O–H groups in total. The number of amides is 1.